The number of aromatic nitrogens is 2. The SMILES string of the molecule is CCN(Cc1ccccc1)C(=O)c1cc(NCc2ccccc2OC)nc(C)n1. The van der Waals surface area contributed by atoms with E-state index in [4.69, 9.17) is 4.74 Å². The molecule has 1 aromatic heterocycles. The minimum atomic E-state index is -0.109. The maximum absolute atomic E-state index is 13.0. The Hall–Kier alpha value is -3.41. The number of anilines is 1. The Morgan fingerprint density at radius 2 is 1.79 bits per heavy atom. The minimum absolute atomic E-state index is 0.109. The summed E-state index contributed by atoms with van der Waals surface area (Å²) in [7, 11) is 1.65. The molecule has 1 amide bonds. The molecule has 0 fully saturated rings. The van der Waals surface area contributed by atoms with Gasteiger partial charge in [-0.2, -0.15) is 0 Å². The van der Waals surface area contributed by atoms with Gasteiger partial charge in [0.1, 0.15) is 23.1 Å². The minimum Gasteiger partial charge on any atom is -0.496 e. The number of carbonyl (C=O) groups excluding carboxylic acids is 1. The van der Waals surface area contributed by atoms with E-state index in [1.807, 2.05) is 61.5 Å². The van der Waals surface area contributed by atoms with Gasteiger partial charge >= 0.3 is 0 Å². The van der Waals surface area contributed by atoms with Crippen LogP contribution in [0.4, 0.5) is 5.82 Å². The van der Waals surface area contributed by atoms with E-state index in [0.717, 1.165) is 16.9 Å². The second-order valence-corrected chi connectivity index (χ2v) is 6.66. The zero-order valence-electron chi connectivity index (χ0n) is 17.1. The number of carbonyl (C=O) groups is 1. The molecule has 0 atom stereocenters. The molecule has 3 rings (SSSR count). The van der Waals surface area contributed by atoms with Gasteiger partial charge in [0.25, 0.3) is 5.91 Å². The molecule has 150 valence electrons. The van der Waals surface area contributed by atoms with E-state index in [1.54, 1.807) is 25.0 Å². The highest BCUT2D eigenvalue weighted by Crippen LogP contribution is 2.19. The van der Waals surface area contributed by atoms with Crippen LogP contribution in [-0.4, -0.2) is 34.4 Å². The standard InChI is InChI=1S/C23H26N4O2/c1-4-27(16-18-10-6-5-7-11-18)23(28)20-14-22(26-17(2)25-20)24-15-19-12-8-9-13-21(19)29-3/h5-14H,4,15-16H2,1-3H3,(H,24,25,26). The summed E-state index contributed by atoms with van der Waals surface area (Å²) < 4.78 is 5.39. The number of para-hydroxylation sites is 1. The van der Waals surface area contributed by atoms with E-state index in [9.17, 15) is 4.79 Å². The van der Waals surface area contributed by atoms with Crippen molar-refractivity contribution in [2.24, 2.45) is 0 Å². The van der Waals surface area contributed by atoms with Crippen molar-refractivity contribution >= 4 is 11.7 Å². The number of ether oxygens (including phenoxy) is 1. The van der Waals surface area contributed by atoms with Gasteiger partial charge in [-0.05, 0) is 25.5 Å². The zero-order chi connectivity index (χ0) is 20.6. The molecule has 0 bridgehead atoms. The number of methoxy groups -OCH3 is 1. The van der Waals surface area contributed by atoms with Crippen LogP contribution in [0.15, 0.2) is 60.7 Å². The number of hydrogen-bond donors (Lipinski definition) is 1. The van der Waals surface area contributed by atoms with Crippen LogP contribution in [-0.2, 0) is 13.1 Å². The average molecular weight is 390 g/mol. The summed E-state index contributed by atoms with van der Waals surface area (Å²) in [5.41, 5.74) is 2.49. The first-order chi connectivity index (χ1) is 14.1. The molecule has 0 spiro atoms. The highest BCUT2D eigenvalue weighted by molar-refractivity contribution is 5.93. The van der Waals surface area contributed by atoms with Crippen molar-refractivity contribution in [3.63, 3.8) is 0 Å². The maximum atomic E-state index is 13.0. The lowest BCUT2D eigenvalue weighted by Crippen LogP contribution is -2.31. The Balaban J connectivity index is 1.76. The van der Waals surface area contributed by atoms with Crippen LogP contribution in [0, 0.1) is 6.92 Å². The van der Waals surface area contributed by atoms with Crippen LogP contribution in [0.1, 0.15) is 34.4 Å². The first-order valence-corrected chi connectivity index (χ1v) is 9.65. The molecule has 0 aliphatic heterocycles. The van der Waals surface area contributed by atoms with Gasteiger partial charge < -0.3 is 15.0 Å². The number of nitrogens with one attached hydrogen (secondary N) is 1. The van der Waals surface area contributed by atoms with Crippen LogP contribution >= 0.6 is 0 Å². The lowest BCUT2D eigenvalue weighted by molar-refractivity contribution is 0.0746. The first-order valence-electron chi connectivity index (χ1n) is 9.65. The second kappa shape index (κ2) is 9.68. The fourth-order valence-electron chi connectivity index (χ4n) is 3.10. The number of amides is 1. The number of rotatable bonds is 8. The summed E-state index contributed by atoms with van der Waals surface area (Å²) in [6, 6.07) is 19.5. The van der Waals surface area contributed by atoms with E-state index in [0.29, 0.717) is 37.0 Å². The molecule has 0 radical (unpaired) electrons. The van der Waals surface area contributed by atoms with Gasteiger partial charge in [0.05, 0.1) is 7.11 Å². The van der Waals surface area contributed by atoms with Crippen LogP contribution < -0.4 is 10.1 Å². The summed E-state index contributed by atoms with van der Waals surface area (Å²) in [5, 5.41) is 3.28. The van der Waals surface area contributed by atoms with Crippen LogP contribution in [0.5, 0.6) is 5.75 Å². The van der Waals surface area contributed by atoms with E-state index in [2.05, 4.69) is 15.3 Å². The van der Waals surface area contributed by atoms with Gasteiger partial charge in [0.2, 0.25) is 0 Å². The van der Waals surface area contributed by atoms with Crippen molar-refractivity contribution in [3.8, 4) is 5.75 Å². The van der Waals surface area contributed by atoms with Crippen molar-refractivity contribution in [1.29, 1.82) is 0 Å². The molecule has 29 heavy (non-hydrogen) atoms. The number of hydrogen-bond acceptors (Lipinski definition) is 5. The van der Waals surface area contributed by atoms with Gasteiger partial charge in [0, 0.05) is 31.3 Å². The lowest BCUT2D eigenvalue weighted by Gasteiger charge is -2.21. The topological polar surface area (TPSA) is 67.4 Å². The van der Waals surface area contributed by atoms with Crippen molar-refractivity contribution < 1.29 is 9.53 Å². The molecule has 3 aromatic rings. The molecule has 0 aliphatic carbocycles. The Morgan fingerprint density at radius 3 is 2.52 bits per heavy atom. The molecular formula is C23H26N4O2. The van der Waals surface area contributed by atoms with E-state index >= 15 is 0 Å². The van der Waals surface area contributed by atoms with Crippen molar-refractivity contribution in [2.75, 3.05) is 19.0 Å². The molecule has 0 aliphatic rings. The fourth-order valence-corrected chi connectivity index (χ4v) is 3.10. The predicted octanol–water partition coefficient (Wildman–Crippen LogP) is 4.07. The average Bonchev–Trinajstić information content (AvgIpc) is 2.76. The molecule has 0 saturated heterocycles. The third-order valence-corrected chi connectivity index (χ3v) is 4.59. The molecular weight excluding hydrogens is 364 g/mol. The zero-order valence-corrected chi connectivity index (χ0v) is 17.1. The second-order valence-electron chi connectivity index (χ2n) is 6.66. The Morgan fingerprint density at radius 1 is 1.07 bits per heavy atom. The van der Waals surface area contributed by atoms with Crippen LogP contribution in [0.2, 0.25) is 0 Å². The lowest BCUT2D eigenvalue weighted by atomic mass is 10.2. The summed E-state index contributed by atoms with van der Waals surface area (Å²) in [6.45, 7) is 5.44. The van der Waals surface area contributed by atoms with E-state index in [-0.39, 0.29) is 5.91 Å². The van der Waals surface area contributed by atoms with Gasteiger partial charge in [-0.1, -0.05) is 48.5 Å². The van der Waals surface area contributed by atoms with Gasteiger partial charge in [-0.3, -0.25) is 4.79 Å². The highest BCUT2D eigenvalue weighted by atomic mass is 16.5. The third kappa shape index (κ3) is 5.31. The predicted molar refractivity (Wildman–Crippen MR) is 114 cm³/mol. The molecule has 2 aromatic carbocycles. The van der Waals surface area contributed by atoms with E-state index in [1.165, 1.54) is 0 Å². The summed E-state index contributed by atoms with van der Waals surface area (Å²) in [6.07, 6.45) is 0. The maximum Gasteiger partial charge on any atom is 0.272 e. The molecule has 6 nitrogen and oxygen atoms in total. The van der Waals surface area contributed by atoms with Crippen molar-refractivity contribution in [2.45, 2.75) is 26.9 Å². The van der Waals surface area contributed by atoms with Crippen molar-refractivity contribution in [3.05, 3.63) is 83.3 Å². The Kier molecular flexibility index (Phi) is 6.79. The number of aryl methyl sites for hydroxylation is 1. The normalized spacial score (nSPS) is 10.4. The van der Waals surface area contributed by atoms with Gasteiger partial charge in [0.15, 0.2) is 0 Å². The molecule has 1 N–H and O–H groups in total. The smallest absolute Gasteiger partial charge is 0.272 e. The molecule has 6 heteroatoms. The molecule has 1 heterocycles. The van der Waals surface area contributed by atoms with Crippen molar-refractivity contribution in [1.82, 2.24) is 14.9 Å². The summed E-state index contributed by atoms with van der Waals surface area (Å²) in [5.74, 6) is 1.86. The molecule has 0 saturated carbocycles. The first kappa shape index (κ1) is 20.3. The highest BCUT2D eigenvalue weighted by Gasteiger charge is 2.18. The van der Waals surface area contributed by atoms with Gasteiger partial charge in [-0.25, -0.2) is 9.97 Å². The Bertz CT molecular complexity index is 960. The Labute approximate surface area is 171 Å². The number of nitrogens with zero attached hydrogens (tertiary/aromatic N) is 3. The van der Waals surface area contributed by atoms with E-state index < -0.39 is 0 Å². The largest absolute Gasteiger partial charge is 0.496 e. The number of benzene rings is 2. The van der Waals surface area contributed by atoms with Crippen LogP contribution in [0.25, 0.3) is 0 Å². The monoisotopic (exact) mass is 390 g/mol. The molecule has 0 unspecified atom stereocenters. The van der Waals surface area contributed by atoms with Crippen LogP contribution in [0.3, 0.4) is 0 Å². The summed E-state index contributed by atoms with van der Waals surface area (Å²) >= 11 is 0. The summed E-state index contributed by atoms with van der Waals surface area (Å²) in [4.78, 5) is 23.6. The fraction of sp³-hybridized carbons (Fsp3) is 0.261. The van der Waals surface area contributed by atoms with Gasteiger partial charge in [-0.15, -0.1) is 0 Å². The third-order valence-electron chi connectivity index (χ3n) is 4.59. The quantitative estimate of drug-likeness (QED) is 0.628.